The molecule has 2 rings (SSSR count). The second-order valence-corrected chi connectivity index (χ2v) is 7.21. The van der Waals surface area contributed by atoms with Crippen molar-refractivity contribution in [1.82, 2.24) is 9.36 Å². The number of carbonyl (C=O) groups is 1. The minimum absolute atomic E-state index is 0.0769. The second-order valence-electron chi connectivity index (χ2n) is 7.21. The third kappa shape index (κ3) is 5.84. The van der Waals surface area contributed by atoms with Gasteiger partial charge in [-0.05, 0) is 25.5 Å². The summed E-state index contributed by atoms with van der Waals surface area (Å²) in [5, 5.41) is 2.84. The summed E-state index contributed by atoms with van der Waals surface area (Å²) in [7, 11) is 1.83. The summed E-state index contributed by atoms with van der Waals surface area (Å²) in [6, 6.07) is 9.46. The largest absolute Gasteiger partial charge is 0.320 e. The Morgan fingerprint density at radius 2 is 1.56 bits per heavy atom. The Kier molecular flexibility index (Phi) is 8.37. The van der Waals surface area contributed by atoms with Gasteiger partial charge in [-0.1, -0.05) is 70.1 Å². The first-order valence-electron chi connectivity index (χ1n) is 10.2. The minimum atomic E-state index is -0.189. The molecular formula is C22H33N3O2. The first kappa shape index (κ1) is 21.0. The summed E-state index contributed by atoms with van der Waals surface area (Å²) in [6.45, 7) is 4.08. The van der Waals surface area contributed by atoms with Crippen LogP contribution in [0.15, 0.2) is 35.1 Å². The Morgan fingerprint density at radius 1 is 0.963 bits per heavy atom. The van der Waals surface area contributed by atoms with E-state index >= 15 is 0 Å². The lowest BCUT2D eigenvalue weighted by atomic mass is 10.1. The van der Waals surface area contributed by atoms with E-state index in [2.05, 4.69) is 12.2 Å². The molecule has 2 aromatic rings. The van der Waals surface area contributed by atoms with Gasteiger partial charge in [-0.3, -0.25) is 14.3 Å². The summed E-state index contributed by atoms with van der Waals surface area (Å²) in [6.07, 6.45) is 10.0. The summed E-state index contributed by atoms with van der Waals surface area (Å²) >= 11 is 0. The van der Waals surface area contributed by atoms with E-state index in [-0.39, 0.29) is 11.5 Å². The van der Waals surface area contributed by atoms with E-state index in [1.54, 1.807) is 9.36 Å². The van der Waals surface area contributed by atoms with Crippen LogP contribution in [0.2, 0.25) is 0 Å². The van der Waals surface area contributed by atoms with Crippen molar-refractivity contribution < 1.29 is 4.79 Å². The smallest absolute Gasteiger partial charge is 0.295 e. The molecule has 0 bridgehead atoms. The fraction of sp³-hybridized carbons (Fsp3) is 0.545. The molecule has 5 nitrogen and oxygen atoms in total. The number of nitrogens with one attached hydrogen (secondary N) is 1. The van der Waals surface area contributed by atoms with Gasteiger partial charge in [-0.2, -0.15) is 0 Å². The predicted molar refractivity (Wildman–Crippen MR) is 112 cm³/mol. The van der Waals surface area contributed by atoms with E-state index in [0.717, 1.165) is 24.2 Å². The number of hydrogen-bond donors (Lipinski definition) is 1. The summed E-state index contributed by atoms with van der Waals surface area (Å²) < 4.78 is 3.37. The average molecular weight is 372 g/mol. The Bertz CT molecular complexity index is 775. The quantitative estimate of drug-likeness (QED) is 0.568. The monoisotopic (exact) mass is 371 g/mol. The van der Waals surface area contributed by atoms with Crippen molar-refractivity contribution in [3.05, 3.63) is 46.4 Å². The Hall–Kier alpha value is -2.30. The first-order chi connectivity index (χ1) is 13.1. The molecule has 0 aliphatic rings. The molecule has 0 atom stereocenters. The van der Waals surface area contributed by atoms with Gasteiger partial charge in [0.2, 0.25) is 5.91 Å². The number of aromatic nitrogens is 2. The maximum Gasteiger partial charge on any atom is 0.295 e. The van der Waals surface area contributed by atoms with Crippen molar-refractivity contribution in [2.24, 2.45) is 7.05 Å². The van der Waals surface area contributed by atoms with Gasteiger partial charge in [-0.25, -0.2) is 4.68 Å². The van der Waals surface area contributed by atoms with Gasteiger partial charge >= 0.3 is 0 Å². The fourth-order valence-electron chi connectivity index (χ4n) is 3.33. The zero-order chi connectivity index (χ0) is 19.6. The first-order valence-corrected chi connectivity index (χ1v) is 10.2. The Morgan fingerprint density at radius 3 is 2.19 bits per heavy atom. The number of carbonyl (C=O) groups excluding carboxylic acids is 1. The van der Waals surface area contributed by atoms with Gasteiger partial charge in [0.05, 0.1) is 11.4 Å². The molecule has 0 aliphatic carbocycles. The minimum Gasteiger partial charge on any atom is -0.320 e. The molecule has 0 saturated carbocycles. The molecule has 0 unspecified atom stereocenters. The van der Waals surface area contributed by atoms with Crippen LogP contribution in [0.4, 0.5) is 5.69 Å². The van der Waals surface area contributed by atoms with Crippen LogP contribution in [0, 0.1) is 6.92 Å². The lowest BCUT2D eigenvalue weighted by molar-refractivity contribution is -0.116. The molecule has 5 heteroatoms. The highest BCUT2D eigenvalue weighted by Crippen LogP contribution is 2.15. The van der Waals surface area contributed by atoms with Gasteiger partial charge in [-0.15, -0.1) is 0 Å². The van der Waals surface area contributed by atoms with E-state index < -0.39 is 0 Å². The van der Waals surface area contributed by atoms with Gasteiger partial charge in [0, 0.05) is 13.5 Å². The van der Waals surface area contributed by atoms with Crippen LogP contribution in [0.25, 0.3) is 5.69 Å². The van der Waals surface area contributed by atoms with Gasteiger partial charge < -0.3 is 5.32 Å². The highest BCUT2D eigenvalue weighted by atomic mass is 16.2. The average Bonchev–Trinajstić information content (AvgIpc) is 2.88. The lowest BCUT2D eigenvalue weighted by Gasteiger charge is -2.07. The van der Waals surface area contributed by atoms with Crippen LogP contribution in [-0.2, 0) is 11.8 Å². The number of hydrogen-bond acceptors (Lipinski definition) is 2. The third-order valence-electron chi connectivity index (χ3n) is 5.08. The van der Waals surface area contributed by atoms with Crippen LogP contribution in [0.1, 0.15) is 70.4 Å². The SMILES string of the molecule is CCCCCCCCCCC(=O)Nc1c(C)n(C)n(-c2ccccc2)c1=O. The third-order valence-corrected chi connectivity index (χ3v) is 5.08. The van der Waals surface area contributed by atoms with Crippen molar-refractivity contribution in [3.63, 3.8) is 0 Å². The zero-order valence-corrected chi connectivity index (χ0v) is 17.0. The summed E-state index contributed by atoms with van der Waals surface area (Å²) in [4.78, 5) is 25.1. The normalized spacial score (nSPS) is 10.9. The second kappa shape index (κ2) is 10.8. The maximum atomic E-state index is 12.8. The Labute approximate surface area is 162 Å². The molecule has 1 aromatic carbocycles. The van der Waals surface area contributed by atoms with Gasteiger partial charge in [0.25, 0.3) is 5.56 Å². The highest BCUT2D eigenvalue weighted by molar-refractivity contribution is 5.91. The van der Waals surface area contributed by atoms with E-state index in [1.165, 1.54) is 38.5 Å². The van der Waals surface area contributed by atoms with Crippen molar-refractivity contribution in [2.45, 2.75) is 71.6 Å². The van der Waals surface area contributed by atoms with Crippen LogP contribution >= 0.6 is 0 Å². The van der Waals surface area contributed by atoms with Gasteiger partial charge in [0.15, 0.2) is 0 Å². The van der Waals surface area contributed by atoms with Crippen molar-refractivity contribution >= 4 is 11.6 Å². The Balaban J connectivity index is 1.87. The topological polar surface area (TPSA) is 56.0 Å². The fourth-order valence-corrected chi connectivity index (χ4v) is 3.33. The molecule has 1 N–H and O–H groups in total. The van der Waals surface area contributed by atoms with Crippen molar-refractivity contribution in [1.29, 1.82) is 0 Å². The van der Waals surface area contributed by atoms with Crippen molar-refractivity contribution in [2.75, 3.05) is 5.32 Å². The maximum absolute atomic E-state index is 12.8. The number of amides is 1. The molecule has 1 heterocycles. The molecule has 1 aromatic heterocycles. The number of anilines is 1. The van der Waals surface area contributed by atoms with E-state index in [4.69, 9.17) is 0 Å². The molecule has 0 saturated heterocycles. The molecular weight excluding hydrogens is 338 g/mol. The van der Waals surface area contributed by atoms with E-state index in [9.17, 15) is 9.59 Å². The molecule has 0 spiro atoms. The van der Waals surface area contributed by atoms with Crippen LogP contribution < -0.4 is 10.9 Å². The lowest BCUT2D eigenvalue weighted by Crippen LogP contribution is -2.22. The number of nitrogens with zero attached hydrogens (tertiary/aromatic N) is 2. The number of para-hydroxylation sites is 1. The predicted octanol–water partition coefficient (Wildman–Crippen LogP) is 4.95. The van der Waals surface area contributed by atoms with Crippen LogP contribution in [0.3, 0.4) is 0 Å². The molecule has 0 radical (unpaired) electrons. The number of benzene rings is 1. The van der Waals surface area contributed by atoms with Crippen LogP contribution in [-0.4, -0.2) is 15.3 Å². The zero-order valence-electron chi connectivity index (χ0n) is 17.0. The molecule has 27 heavy (non-hydrogen) atoms. The number of unbranched alkanes of at least 4 members (excludes halogenated alkanes) is 7. The van der Waals surface area contributed by atoms with Crippen molar-refractivity contribution in [3.8, 4) is 5.69 Å². The summed E-state index contributed by atoms with van der Waals surface area (Å²) in [5.41, 5.74) is 1.74. The molecule has 1 amide bonds. The molecule has 148 valence electrons. The standard InChI is InChI=1S/C22H33N3O2/c1-4-5-6-7-8-9-10-14-17-20(26)23-21-18(2)24(3)25(22(21)27)19-15-12-11-13-16-19/h11-13,15-16H,4-10,14,17H2,1-3H3,(H,23,26). The number of rotatable bonds is 11. The molecule has 0 fully saturated rings. The summed E-state index contributed by atoms with van der Waals surface area (Å²) in [5.74, 6) is -0.0769. The highest BCUT2D eigenvalue weighted by Gasteiger charge is 2.17. The molecule has 0 aliphatic heterocycles. The van der Waals surface area contributed by atoms with E-state index in [1.807, 2.05) is 44.3 Å². The van der Waals surface area contributed by atoms with E-state index in [0.29, 0.717) is 12.1 Å². The van der Waals surface area contributed by atoms with Gasteiger partial charge in [0.1, 0.15) is 5.69 Å². The van der Waals surface area contributed by atoms with Crippen LogP contribution in [0.5, 0.6) is 0 Å².